The van der Waals surface area contributed by atoms with Crippen LogP contribution in [0.15, 0.2) is 53.5 Å². The summed E-state index contributed by atoms with van der Waals surface area (Å²) in [5.41, 5.74) is 4.62. The maximum atomic E-state index is 12.1. The molecule has 0 fully saturated rings. The van der Waals surface area contributed by atoms with Gasteiger partial charge < -0.3 is 20.9 Å². The number of fused-ring (bicyclic) bond motifs is 1. The molecular formula is C24H34IN5O. The van der Waals surface area contributed by atoms with E-state index < -0.39 is 0 Å². The Morgan fingerprint density at radius 2 is 1.87 bits per heavy atom. The van der Waals surface area contributed by atoms with Crippen LogP contribution in [0, 0.1) is 6.92 Å². The molecule has 7 heteroatoms. The second-order valence-electron chi connectivity index (χ2n) is 7.55. The third-order valence-electron chi connectivity index (χ3n) is 5.43. The molecule has 168 valence electrons. The van der Waals surface area contributed by atoms with Crippen LogP contribution in [-0.4, -0.2) is 44.6 Å². The lowest BCUT2D eigenvalue weighted by Gasteiger charge is -2.26. The van der Waals surface area contributed by atoms with E-state index in [9.17, 15) is 4.79 Å². The van der Waals surface area contributed by atoms with Gasteiger partial charge >= 0.3 is 0 Å². The molecule has 1 aliphatic heterocycles. The quantitative estimate of drug-likeness (QED) is 0.270. The van der Waals surface area contributed by atoms with Crippen molar-refractivity contribution in [3.63, 3.8) is 0 Å². The zero-order valence-electron chi connectivity index (χ0n) is 18.6. The van der Waals surface area contributed by atoms with Crippen LogP contribution >= 0.6 is 24.0 Å². The normalized spacial score (nSPS) is 15.4. The van der Waals surface area contributed by atoms with Crippen LogP contribution in [0.4, 0.5) is 11.4 Å². The van der Waals surface area contributed by atoms with Gasteiger partial charge in [0.25, 0.3) is 0 Å². The van der Waals surface area contributed by atoms with Crippen molar-refractivity contribution in [2.45, 2.75) is 33.1 Å². The maximum Gasteiger partial charge on any atom is 0.225 e. The molecule has 0 aromatic heterocycles. The van der Waals surface area contributed by atoms with Crippen LogP contribution in [0.3, 0.4) is 0 Å². The number of aliphatic imine (C=N–C) groups is 1. The number of nitrogens with one attached hydrogen (secondary N) is 3. The Labute approximate surface area is 202 Å². The van der Waals surface area contributed by atoms with Crippen molar-refractivity contribution >= 4 is 47.2 Å². The molecule has 2 aromatic rings. The summed E-state index contributed by atoms with van der Waals surface area (Å²) in [5.74, 6) is 0.954. The van der Waals surface area contributed by atoms with Gasteiger partial charge in [0.05, 0.1) is 6.54 Å². The number of guanidine groups is 1. The van der Waals surface area contributed by atoms with Crippen LogP contribution in [-0.2, 0) is 4.79 Å². The molecular weight excluding hydrogens is 501 g/mol. The number of carbonyl (C=O) groups is 1. The minimum atomic E-state index is 0. The van der Waals surface area contributed by atoms with Crippen LogP contribution in [0.25, 0.3) is 0 Å². The van der Waals surface area contributed by atoms with Crippen LogP contribution in [0.1, 0.15) is 37.3 Å². The largest absolute Gasteiger partial charge is 0.370 e. The lowest BCUT2D eigenvalue weighted by molar-refractivity contribution is -0.116. The second-order valence-corrected chi connectivity index (χ2v) is 7.55. The highest BCUT2D eigenvalue weighted by Gasteiger charge is 2.24. The second kappa shape index (κ2) is 12.5. The number of hydrogen-bond donors (Lipinski definition) is 3. The van der Waals surface area contributed by atoms with Crippen LogP contribution in [0.5, 0.6) is 0 Å². The van der Waals surface area contributed by atoms with Crippen molar-refractivity contribution in [3.05, 3.63) is 59.7 Å². The number of benzene rings is 2. The molecule has 0 bridgehead atoms. The molecule has 2 aromatic carbocycles. The highest BCUT2D eigenvalue weighted by Crippen LogP contribution is 2.31. The van der Waals surface area contributed by atoms with Crippen molar-refractivity contribution in [1.29, 1.82) is 0 Å². The monoisotopic (exact) mass is 535 g/mol. The summed E-state index contributed by atoms with van der Waals surface area (Å²) in [5, 5.41) is 9.72. The fourth-order valence-corrected chi connectivity index (χ4v) is 3.88. The number of carbonyl (C=O) groups excluding carboxylic acids is 1. The number of aryl methyl sites for hydroxylation is 1. The summed E-state index contributed by atoms with van der Waals surface area (Å²) in [6, 6.07) is 16.5. The van der Waals surface area contributed by atoms with Gasteiger partial charge in [0, 0.05) is 49.9 Å². The van der Waals surface area contributed by atoms with Gasteiger partial charge in [-0.3, -0.25) is 9.79 Å². The van der Waals surface area contributed by atoms with Crippen molar-refractivity contribution in [3.8, 4) is 0 Å². The average molecular weight is 535 g/mol. The van der Waals surface area contributed by atoms with Gasteiger partial charge in [-0.05, 0) is 44.0 Å². The molecule has 0 spiro atoms. The van der Waals surface area contributed by atoms with Gasteiger partial charge in [-0.25, -0.2) is 0 Å². The van der Waals surface area contributed by atoms with E-state index >= 15 is 0 Å². The number of nitrogens with zero attached hydrogens (tertiary/aromatic N) is 2. The van der Waals surface area contributed by atoms with Gasteiger partial charge in [-0.2, -0.15) is 0 Å². The summed E-state index contributed by atoms with van der Waals surface area (Å²) < 4.78 is 0. The van der Waals surface area contributed by atoms with E-state index in [0.717, 1.165) is 43.4 Å². The van der Waals surface area contributed by atoms with Crippen molar-refractivity contribution in [1.82, 2.24) is 10.6 Å². The van der Waals surface area contributed by atoms with Crippen LogP contribution in [0.2, 0.25) is 0 Å². The van der Waals surface area contributed by atoms with Crippen LogP contribution < -0.4 is 20.9 Å². The third kappa shape index (κ3) is 6.85. The minimum Gasteiger partial charge on any atom is -0.370 e. The first-order valence-corrected chi connectivity index (χ1v) is 10.8. The van der Waals surface area contributed by atoms with E-state index in [1.165, 1.54) is 11.3 Å². The number of rotatable bonds is 8. The Kier molecular flexibility index (Phi) is 10.1. The van der Waals surface area contributed by atoms with E-state index in [0.29, 0.717) is 13.0 Å². The molecule has 1 heterocycles. The first kappa shape index (κ1) is 25.0. The van der Waals surface area contributed by atoms with E-state index in [2.05, 4.69) is 72.0 Å². The van der Waals surface area contributed by atoms with Gasteiger partial charge in [-0.15, -0.1) is 24.0 Å². The van der Waals surface area contributed by atoms with E-state index in [1.807, 2.05) is 18.2 Å². The predicted octanol–water partition coefficient (Wildman–Crippen LogP) is 4.12. The van der Waals surface area contributed by atoms with Gasteiger partial charge in [0.15, 0.2) is 5.96 Å². The Morgan fingerprint density at radius 1 is 1.13 bits per heavy atom. The molecule has 0 aliphatic carbocycles. The van der Waals surface area contributed by atoms with Crippen molar-refractivity contribution < 1.29 is 4.79 Å². The zero-order chi connectivity index (χ0) is 21.3. The number of hydrogen-bond acceptors (Lipinski definition) is 3. The molecule has 31 heavy (non-hydrogen) atoms. The number of likely N-dealkylation sites (N-methyl/N-ethyl adjacent to an activating group) is 1. The first-order valence-electron chi connectivity index (χ1n) is 10.8. The van der Waals surface area contributed by atoms with Gasteiger partial charge in [0.2, 0.25) is 5.91 Å². The molecule has 0 saturated carbocycles. The smallest absolute Gasteiger partial charge is 0.225 e. The Morgan fingerprint density at radius 3 is 2.61 bits per heavy atom. The van der Waals surface area contributed by atoms with E-state index in [4.69, 9.17) is 4.99 Å². The first-order chi connectivity index (χ1) is 14.6. The predicted molar refractivity (Wildman–Crippen MR) is 141 cm³/mol. The SMILES string of the molecule is CCNC(=NCC1CC(=O)Nc2ccccc21)NCCN(CC)c1ccccc1C.I. The Balaban J connectivity index is 0.00000341. The van der Waals surface area contributed by atoms with Crippen molar-refractivity contribution in [2.75, 3.05) is 42.9 Å². The maximum absolute atomic E-state index is 12.1. The van der Waals surface area contributed by atoms with Crippen molar-refractivity contribution in [2.24, 2.45) is 4.99 Å². The lowest BCUT2D eigenvalue weighted by Crippen LogP contribution is -2.42. The molecule has 0 radical (unpaired) electrons. The minimum absolute atomic E-state index is 0. The topological polar surface area (TPSA) is 68.8 Å². The van der Waals surface area contributed by atoms with Gasteiger partial charge in [0.1, 0.15) is 0 Å². The fourth-order valence-electron chi connectivity index (χ4n) is 3.88. The summed E-state index contributed by atoms with van der Waals surface area (Å²) >= 11 is 0. The Bertz CT molecular complexity index is 886. The summed E-state index contributed by atoms with van der Waals surface area (Å²) in [4.78, 5) is 19.2. The highest BCUT2D eigenvalue weighted by molar-refractivity contribution is 14.0. The highest BCUT2D eigenvalue weighted by atomic mass is 127. The zero-order valence-corrected chi connectivity index (χ0v) is 21.0. The fraction of sp³-hybridized carbons (Fsp3) is 0.417. The molecule has 1 amide bonds. The molecule has 6 nitrogen and oxygen atoms in total. The molecule has 3 rings (SSSR count). The summed E-state index contributed by atoms with van der Waals surface area (Å²) in [7, 11) is 0. The number of anilines is 2. The number of halogens is 1. The van der Waals surface area contributed by atoms with E-state index in [-0.39, 0.29) is 35.8 Å². The molecule has 0 saturated heterocycles. The summed E-state index contributed by atoms with van der Waals surface area (Å²) in [6.45, 7) is 10.4. The molecule has 1 unspecified atom stereocenters. The number of amides is 1. The average Bonchev–Trinajstić information content (AvgIpc) is 2.75. The molecule has 3 N–H and O–H groups in total. The lowest BCUT2D eigenvalue weighted by atomic mass is 9.91. The molecule has 1 aliphatic rings. The van der Waals surface area contributed by atoms with Gasteiger partial charge in [-0.1, -0.05) is 36.4 Å². The molecule has 1 atom stereocenters. The third-order valence-corrected chi connectivity index (χ3v) is 5.43. The van der Waals surface area contributed by atoms with E-state index in [1.54, 1.807) is 0 Å². The number of para-hydroxylation sites is 2. The summed E-state index contributed by atoms with van der Waals surface area (Å²) in [6.07, 6.45) is 0.469. The Hall–Kier alpha value is -2.29. The standard InChI is InChI=1S/C24H33N5O.HI/c1-4-25-24(26-14-15-29(5-2)22-13-9-6-10-18(22)3)27-17-19-16-23(30)28-21-12-8-7-11-20(19)21;/h6-13,19H,4-5,14-17H2,1-3H3,(H,28,30)(H2,25,26,27);1H.